The highest BCUT2D eigenvalue weighted by atomic mass is 32.2. The number of nitrogens with one attached hydrogen (secondary N) is 1. The molecule has 2 aromatic carbocycles. The van der Waals surface area contributed by atoms with Crippen LogP contribution >= 0.6 is 11.3 Å². The van der Waals surface area contributed by atoms with E-state index in [1.807, 2.05) is 17.0 Å². The molecule has 0 atom stereocenters. The van der Waals surface area contributed by atoms with Crippen molar-refractivity contribution in [1.29, 1.82) is 0 Å². The molecule has 3 aromatic rings. The van der Waals surface area contributed by atoms with Crippen molar-refractivity contribution in [3.8, 4) is 5.75 Å². The van der Waals surface area contributed by atoms with Crippen LogP contribution in [0.5, 0.6) is 5.75 Å². The molecule has 0 aliphatic carbocycles. The average molecular weight is 490 g/mol. The van der Waals surface area contributed by atoms with Crippen molar-refractivity contribution in [2.75, 3.05) is 38.2 Å². The van der Waals surface area contributed by atoms with Gasteiger partial charge in [-0.15, -0.1) is 11.3 Å². The number of thiophene rings is 1. The molecule has 0 radical (unpaired) electrons. The Bertz CT molecular complexity index is 1240. The van der Waals surface area contributed by atoms with Gasteiger partial charge in [0.25, 0.3) is 5.91 Å². The molecule has 1 saturated heterocycles. The highest BCUT2D eigenvalue weighted by molar-refractivity contribution is 7.89. The predicted molar refractivity (Wildman–Crippen MR) is 126 cm³/mol. The van der Waals surface area contributed by atoms with Gasteiger partial charge in [-0.3, -0.25) is 4.79 Å². The first-order chi connectivity index (χ1) is 15.9. The van der Waals surface area contributed by atoms with E-state index in [-0.39, 0.29) is 35.2 Å². The molecule has 4 rings (SSSR count). The molecule has 33 heavy (non-hydrogen) atoms. The summed E-state index contributed by atoms with van der Waals surface area (Å²) in [4.78, 5) is 14.8. The van der Waals surface area contributed by atoms with Crippen LogP contribution in [0.4, 0.5) is 10.1 Å². The van der Waals surface area contributed by atoms with Crippen molar-refractivity contribution < 1.29 is 22.3 Å². The fourth-order valence-corrected chi connectivity index (χ4v) is 6.47. The molecule has 0 spiro atoms. The van der Waals surface area contributed by atoms with Gasteiger partial charge in [-0.25, -0.2) is 12.8 Å². The number of rotatable bonds is 7. The van der Waals surface area contributed by atoms with E-state index in [1.54, 1.807) is 42.8 Å². The molecule has 0 unspecified atom stereocenters. The van der Waals surface area contributed by atoms with Crippen LogP contribution in [0.15, 0.2) is 64.9 Å². The Kier molecular flexibility index (Phi) is 6.96. The normalized spacial score (nSPS) is 14.8. The number of piperazine rings is 1. The Balaban J connectivity index is 1.44. The fourth-order valence-electron chi connectivity index (χ4n) is 3.73. The maximum Gasteiger partial charge on any atom is 0.263 e. The summed E-state index contributed by atoms with van der Waals surface area (Å²) in [6, 6.07) is 15.2. The van der Waals surface area contributed by atoms with Crippen LogP contribution in [0, 0.1) is 5.82 Å². The number of sulfonamides is 1. The molecule has 1 N–H and O–H groups in total. The van der Waals surface area contributed by atoms with Crippen LogP contribution in [0.1, 0.15) is 15.2 Å². The molecule has 1 amide bonds. The number of halogens is 1. The van der Waals surface area contributed by atoms with Crippen LogP contribution in [-0.2, 0) is 16.6 Å². The van der Waals surface area contributed by atoms with Crippen LogP contribution in [0.2, 0.25) is 0 Å². The maximum absolute atomic E-state index is 14.1. The van der Waals surface area contributed by atoms with Crippen LogP contribution in [0.25, 0.3) is 0 Å². The Hall–Kier alpha value is -2.95. The lowest BCUT2D eigenvalue weighted by atomic mass is 10.2. The maximum atomic E-state index is 14.1. The van der Waals surface area contributed by atoms with Crippen molar-refractivity contribution in [3.05, 3.63) is 76.2 Å². The Morgan fingerprint density at radius 3 is 2.58 bits per heavy atom. The fraction of sp³-hybridized carbons (Fsp3) is 0.261. The van der Waals surface area contributed by atoms with Gasteiger partial charge in [0.05, 0.1) is 12.8 Å². The van der Waals surface area contributed by atoms with Crippen molar-refractivity contribution >= 4 is 33.0 Å². The third-order valence-corrected chi connectivity index (χ3v) is 8.46. The van der Waals surface area contributed by atoms with Gasteiger partial charge >= 0.3 is 0 Å². The highest BCUT2D eigenvalue weighted by Gasteiger charge is 2.33. The van der Waals surface area contributed by atoms with Gasteiger partial charge < -0.3 is 15.0 Å². The summed E-state index contributed by atoms with van der Waals surface area (Å²) in [7, 11) is -2.30. The molecule has 2 heterocycles. The molecule has 0 saturated carbocycles. The zero-order chi connectivity index (χ0) is 23.4. The Morgan fingerprint density at radius 2 is 1.85 bits per heavy atom. The van der Waals surface area contributed by atoms with E-state index in [4.69, 9.17) is 4.74 Å². The average Bonchev–Trinajstić information content (AvgIpc) is 3.34. The Labute approximate surface area is 196 Å². The van der Waals surface area contributed by atoms with Crippen LogP contribution in [0.3, 0.4) is 0 Å². The number of ether oxygens (including phenoxy) is 1. The molecule has 1 aromatic heterocycles. The van der Waals surface area contributed by atoms with Crippen molar-refractivity contribution in [2.45, 2.75) is 11.4 Å². The molecule has 1 aliphatic rings. The SMILES string of the molecule is COc1cccc(CNC(=O)c2sccc2S(=O)(=O)N2CCN(c3ccccc3F)CC2)c1. The minimum absolute atomic E-state index is 0.00464. The molecular weight excluding hydrogens is 465 g/mol. The standard InChI is InChI=1S/C23H24FN3O4S2/c1-31-18-6-4-5-17(15-18)16-25-23(28)22-21(9-14-32-22)33(29,30)27-12-10-26(11-13-27)20-8-3-2-7-19(20)24/h2-9,14-15H,10-13,16H2,1H3,(H,25,28). The number of para-hydroxylation sites is 1. The van der Waals surface area contributed by atoms with Gasteiger partial charge in [0.15, 0.2) is 0 Å². The minimum atomic E-state index is -3.86. The topological polar surface area (TPSA) is 78.9 Å². The first kappa shape index (κ1) is 23.2. The number of hydrogen-bond donors (Lipinski definition) is 1. The van der Waals surface area contributed by atoms with Crippen molar-refractivity contribution in [2.24, 2.45) is 0 Å². The second-order valence-corrected chi connectivity index (χ2v) is 10.3. The van der Waals surface area contributed by atoms with E-state index in [1.165, 1.54) is 16.4 Å². The van der Waals surface area contributed by atoms with Gasteiger partial charge in [-0.05, 0) is 41.3 Å². The molecule has 0 bridgehead atoms. The quantitative estimate of drug-likeness (QED) is 0.551. The largest absolute Gasteiger partial charge is 0.497 e. The third-order valence-electron chi connectivity index (χ3n) is 5.47. The molecular formula is C23H24FN3O4S2. The zero-order valence-corrected chi connectivity index (χ0v) is 19.7. The third kappa shape index (κ3) is 5.02. The molecule has 7 nitrogen and oxygen atoms in total. The number of methoxy groups -OCH3 is 1. The van der Waals surface area contributed by atoms with Crippen molar-refractivity contribution in [1.82, 2.24) is 9.62 Å². The second kappa shape index (κ2) is 9.90. The lowest BCUT2D eigenvalue weighted by Gasteiger charge is -2.35. The van der Waals surface area contributed by atoms with E-state index in [0.717, 1.165) is 16.9 Å². The zero-order valence-electron chi connectivity index (χ0n) is 18.0. The van der Waals surface area contributed by atoms with Gasteiger partial charge in [-0.1, -0.05) is 24.3 Å². The van der Waals surface area contributed by atoms with Crippen molar-refractivity contribution in [3.63, 3.8) is 0 Å². The van der Waals surface area contributed by atoms with Gasteiger partial charge in [0.1, 0.15) is 21.3 Å². The van der Waals surface area contributed by atoms with Gasteiger partial charge in [0, 0.05) is 32.7 Å². The van der Waals surface area contributed by atoms with Crippen LogP contribution < -0.4 is 15.0 Å². The van der Waals surface area contributed by atoms with Gasteiger partial charge in [-0.2, -0.15) is 4.31 Å². The van der Waals surface area contributed by atoms with E-state index >= 15 is 0 Å². The number of anilines is 1. The summed E-state index contributed by atoms with van der Waals surface area (Å²) < 4.78 is 47.2. The summed E-state index contributed by atoms with van der Waals surface area (Å²) in [5, 5.41) is 4.39. The highest BCUT2D eigenvalue weighted by Crippen LogP contribution is 2.28. The summed E-state index contributed by atoms with van der Waals surface area (Å²) >= 11 is 1.09. The first-order valence-corrected chi connectivity index (χ1v) is 12.7. The number of carbonyl (C=O) groups excluding carboxylic acids is 1. The second-order valence-electron chi connectivity index (χ2n) is 7.49. The molecule has 1 aliphatic heterocycles. The number of hydrogen-bond acceptors (Lipinski definition) is 6. The monoisotopic (exact) mass is 489 g/mol. The van der Waals surface area contributed by atoms with E-state index in [0.29, 0.717) is 24.5 Å². The van der Waals surface area contributed by atoms with Crippen LogP contribution in [-0.4, -0.2) is 51.9 Å². The summed E-state index contributed by atoms with van der Waals surface area (Å²) in [6.07, 6.45) is 0. The molecule has 174 valence electrons. The lowest BCUT2D eigenvalue weighted by Crippen LogP contribution is -2.49. The number of nitrogens with zero attached hydrogens (tertiary/aromatic N) is 2. The number of benzene rings is 2. The molecule has 1 fully saturated rings. The first-order valence-electron chi connectivity index (χ1n) is 10.4. The summed E-state index contributed by atoms with van der Waals surface area (Å²) in [6.45, 7) is 1.38. The number of amides is 1. The summed E-state index contributed by atoms with van der Waals surface area (Å²) in [5.41, 5.74) is 1.30. The number of carbonyl (C=O) groups is 1. The van der Waals surface area contributed by atoms with E-state index in [2.05, 4.69) is 5.32 Å². The lowest BCUT2D eigenvalue weighted by molar-refractivity contribution is 0.0951. The predicted octanol–water partition coefficient (Wildman–Crippen LogP) is 3.34. The molecule has 10 heteroatoms. The van der Waals surface area contributed by atoms with Gasteiger partial charge in [0.2, 0.25) is 10.0 Å². The van der Waals surface area contributed by atoms with E-state index in [9.17, 15) is 17.6 Å². The Morgan fingerprint density at radius 1 is 1.09 bits per heavy atom. The summed E-state index contributed by atoms with van der Waals surface area (Å²) in [5.74, 6) is -0.103. The minimum Gasteiger partial charge on any atom is -0.497 e. The smallest absolute Gasteiger partial charge is 0.263 e. The van der Waals surface area contributed by atoms with E-state index < -0.39 is 15.9 Å².